The first-order chi connectivity index (χ1) is 23.2. The van der Waals surface area contributed by atoms with E-state index in [0.29, 0.717) is 35.9 Å². The van der Waals surface area contributed by atoms with Crippen LogP contribution < -0.4 is 16.0 Å². The van der Waals surface area contributed by atoms with Crippen molar-refractivity contribution >= 4 is 46.7 Å². The lowest BCUT2D eigenvalue weighted by atomic mass is 9.84. The molecule has 3 fully saturated rings. The Hall–Kier alpha value is -3.47. The minimum atomic E-state index is -1.04. The van der Waals surface area contributed by atoms with Crippen LogP contribution in [-0.2, 0) is 28.8 Å². The van der Waals surface area contributed by atoms with Gasteiger partial charge in [-0.1, -0.05) is 82.3 Å². The molecule has 1 saturated heterocycles. The van der Waals surface area contributed by atoms with Gasteiger partial charge < -0.3 is 25.7 Å². The summed E-state index contributed by atoms with van der Waals surface area (Å²) in [4.78, 5) is 75.5. The fourth-order valence-electron chi connectivity index (χ4n) is 7.21. The number of nitrogens with zero attached hydrogens (tertiary/aromatic N) is 2. The number of aryl methyl sites for hydroxylation is 1. The van der Waals surface area contributed by atoms with Crippen molar-refractivity contribution in [3.63, 3.8) is 0 Å². The Morgan fingerprint density at radius 2 is 1.78 bits per heavy atom. The number of carbonyl (C=O) groups is 5. The monoisotopic (exact) mass is 697 g/mol. The summed E-state index contributed by atoms with van der Waals surface area (Å²) in [5.74, 6) is -2.24. The van der Waals surface area contributed by atoms with Crippen LogP contribution in [0.15, 0.2) is 23.4 Å². The van der Waals surface area contributed by atoms with Gasteiger partial charge in [0.1, 0.15) is 12.1 Å². The number of hydrogen-bond donors (Lipinski definition) is 3. The Morgan fingerprint density at radius 3 is 2.41 bits per heavy atom. The number of ketones is 1. The first-order valence-electron chi connectivity index (χ1n) is 18.0. The molecule has 0 unspecified atom stereocenters. The molecule has 1 aromatic carbocycles. The van der Waals surface area contributed by atoms with Gasteiger partial charge in [-0.2, -0.15) is 0 Å². The lowest BCUT2D eigenvalue weighted by Crippen LogP contribution is -2.59. The fraction of sp³-hybridized carbons (Fsp3) is 0.676. The molecule has 2 heterocycles. The fourth-order valence-corrected chi connectivity index (χ4v) is 7.39. The number of likely N-dealkylation sites (tertiary alicyclic amines) is 1. The second kappa shape index (κ2) is 15.2. The number of Topliss-reactive ketones (excluding diaryl/α,β-unsaturated/α-hetero) is 1. The van der Waals surface area contributed by atoms with Gasteiger partial charge in [-0.05, 0) is 62.0 Å². The summed E-state index contributed by atoms with van der Waals surface area (Å²) in [5.41, 5.74) is 0.686. The smallest absolute Gasteiger partial charge is 0.289 e. The molecule has 4 aliphatic rings. The molecule has 4 atom stereocenters. The highest BCUT2D eigenvalue weighted by Crippen LogP contribution is 2.40. The molecule has 0 radical (unpaired) electrons. The standard InChI is InChI=1S/C37H52ClN5O6/c1-6-10-27(31(45)34(47)39-25-15-16-25)40-33(46)29-20-37(19-28(42-49-37)24-14-13-22(2)26(38)18-24)21-43(29)35(48)32(36(3,4)5)41-30(44)17-23-11-8-7-9-12-23/h13-14,18,23,25,27,29,32H,6-12,15-17,19-21H2,1-5H3,(H,39,47)(H,40,46)(H,41,44)/t27-,29-,32+,37+/m0/s1. The van der Waals surface area contributed by atoms with E-state index in [1.165, 1.54) is 11.3 Å². The number of amides is 4. The number of hydrogen-bond acceptors (Lipinski definition) is 7. The Bertz CT molecular complexity index is 1480. The van der Waals surface area contributed by atoms with E-state index in [4.69, 9.17) is 16.4 Å². The molecular formula is C37H52ClN5O6. The molecule has 1 aromatic rings. The van der Waals surface area contributed by atoms with Gasteiger partial charge in [-0.15, -0.1) is 0 Å². The normalized spacial score (nSPS) is 23.8. The third-order valence-corrected chi connectivity index (χ3v) is 10.7. The third-order valence-electron chi connectivity index (χ3n) is 10.3. The summed E-state index contributed by atoms with van der Waals surface area (Å²) >= 11 is 6.41. The van der Waals surface area contributed by atoms with Crippen molar-refractivity contribution < 1.29 is 28.8 Å². The van der Waals surface area contributed by atoms with Gasteiger partial charge >= 0.3 is 0 Å². The van der Waals surface area contributed by atoms with Crippen LogP contribution in [0.1, 0.15) is 116 Å². The van der Waals surface area contributed by atoms with Gasteiger partial charge in [0, 0.05) is 35.9 Å². The first-order valence-corrected chi connectivity index (χ1v) is 18.3. The van der Waals surface area contributed by atoms with Crippen molar-refractivity contribution in [3.8, 4) is 0 Å². The van der Waals surface area contributed by atoms with E-state index in [-0.39, 0.29) is 31.3 Å². The van der Waals surface area contributed by atoms with Gasteiger partial charge in [-0.25, -0.2) is 0 Å². The maximum absolute atomic E-state index is 14.6. The van der Waals surface area contributed by atoms with E-state index in [0.717, 1.165) is 49.7 Å². The molecule has 4 amide bonds. The first kappa shape index (κ1) is 36.8. The molecule has 0 bridgehead atoms. The van der Waals surface area contributed by atoms with Crippen molar-refractivity contribution in [2.75, 3.05) is 6.54 Å². The lowest BCUT2D eigenvalue weighted by molar-refractivity contribution is -0.145. The molecule has 2 saturated carbocycles. The van der Waals surface area contributed by atoms with Crippen LogP contribution in [0.5, 0.6) is 0 Å². The largest absolute Gasteiger partial charge is 0.387 e. The maximum atomic E-state index is 14.6. The average Bonchev–Trinajstić information content (AvgIpc) is 3.65. The van der Waals surface area contributed by atoms with Crippen molar-refractivity contribution in [1.29, 1.82) is 0 Å². The summed E-state index contributed by atoms with van der Waals surface area (Å²) in [6.07, 6.45) is 8.69. The van der Waals surface area contributed by atoms with E-state index in [1.807, 2.05) is 52.8 Å². The molecule has 1 spiro atoms. The highest BCUT2D eigenvalue weighted by atomic mass is 35.5. The SMILES string of the molecule is CCC[C@H](NC(=O)[C@@H]1C[C@]2(CC(c3ccc(C)c(Cl)c3)=NO2)CN1C(=O)[C@@H](NC(=O)CC1CCCCC1)C(C)(C)C)C(=O)C(=O)NC1CC1. The van der Waals surface area contributed by atoms with Gasteiger partial charge in [0.05, 0.1) is 18.3 Å². The second-order valence-corrected chi connectivity index (χ2v) is 16.1. The van der Waals surface area contributed by atoms with Crippen LogP contribution in [0.2, 0.25) is 5.02 Å². The molecule has 2 aliphatic heterocycles. The Kier molecular flexibility index (Phi) is 11.4. The highest BCUT2D eigenvalue weighted by Gasteiger charge is 2.55. The van der Waals surface area contributed by atoms with Crippen LogP contribution in [-0.4, -0.2) is 76.3 Å². The van der Waals surface area contributed by atoms with Crippen molar-refractivity contribution in [2.24, 2.45) is 16.5 Å². The molecule has 5 rings (SSSR count). The topological polar surface area (TPSA) is 146 Å². The van der Waals surface area contributed by atoms with Crippen LogP contribution in [0, 0.1) is 18.3 Å². The number of nitrogens with one attached hydrogen (secondary N) is 3. The Morgan fingerprint density at radius 1 is 1.06 bits per heavy atom. The minimum absolute atomic E-state index is 0.00277. The molecule has 49 heavy (non-hydrogen) atoms. The molecule has 268 valence electrons. The number of carbonyl (C=O) groups excluding carboxylic acids is 5. The van der Waals surface area contributed by atoms with E-state index in [9.17, 15) is 24.0 Å². The Balaban J connectivity index is 1.39. The average molecular weight is 698 g/mol. The molecule has 2 aliphatic carbocycles. The zero-order valence-electron chi connectivity index (χ0n) is 29.5. The third kappa shape index (κ3) is 9.01. The molecule has 3 N–H and O–H groups in total. The van der Waals surface area contributed by atoms with Crippen molar-refractivity contribution in [2.45, 2.75) is 141 Å². The molecule has 11 nitrogen and oxygen atoms in total. The number of halogens is 1. The summed E-state index contributed by atoms with van der Waals surface area (Å²) in [5, 5.41) is 13.6. The van der Waals surface area contributed by atoms with Gasteiger partial charge in [-0.3, -0.25) is 24.0 Å². The van der Waals surface area contributed by atoms with E-state index in [2.05, 4.69) is 21.1 Å². The molecule has 12 heteroatoms. The summed E-state index contributed by atoms with van der Waals surface area (Å²) in [6.45, 7) is 9.50. The summed E-state index contributed by atoms with van der Waals surface area (Å²) in [7, 11) is 0. The van der Waals surface area contributed by atoms with E-state index < -0.39 is 52.6 Å². The second-order valence-electron chi connectivity index (χ2n) is 15.7. The van der Waals surface area contributed by atoms with Gasteiger partial charge in [0.25, 0.3) is 5.91 Å². The quantitative estimate of drug-likeness (QED) is 0.269. The van der Waals surface area contributed by atoms with Gasteiger partial charge in [0.2, 0.25) is 23.5 Å². The van der Waals surface area contributed by atoms with Crippen LogP contribution >= 0.6 is 11.6 Å². The summed E-state index contributed by atoms with van der Waals surface area (Å²) < 4.78 is 0. The lowest BCUT2D eigenvalue weighted by Gasteiger charge is -2.36. The highest BCUT2D eigenvalue weighted by molar-refractivity contribution is 6.38. The van der Waals surface area contributed by atoms with Crippen LogP contribution in [0.4, 0.5) is 0 Å². The van der Waals surface area contributed by atoms with E-state index >= 15 is 0 Å². The maximum Gasteiger partial charge on any atom is 0.289 e. The predicted octanol–water partition coefficient (Wildman–Crippen LogP) is 4.75. The predicted molar refractivity (Wildman–Crippen MR) is 187 cm³/mol. The zero-order valence-corrected chi connectivity index (χ0v) is 30.3. The number of oxime groups is 1. The molecule has 0 aromatic heterocycles. The van der Waals surface area contributed by atoms with Crippen molar-refractivity contribution in [1.82, 2.24) is 20.9 Å². The number of benzene rings is 1. The molecular weight excluding hydrogens is 646 g/mol. The van der Waals surface area contributed by atoms with Crippen molar-refractivity contribution in [3.05, 3.63) is 34.3 Å². The summed E-state index contributed by atoms with van der Waals surface area (Å²) in [6, 6.07) is 2.66. The minimum Gasteiger partial charge on any atom is -0.387 e. The van der Waals surface area contributed by atoms with E-state index in [1.54, 1.807) is 0 Å². The number of rotatable bonds is 12. The van der Waals surface area contributed by atoms with Gasteiger partial charge in [0.15, 0.2) is 5.60 Å². The van der Waals surface area contributed by atoms with Crippen LogP contribution in [0.3, 0.4) is 0 Å². The Labute approximate surface area is 294 Å². The van der Waals surface area contributed by atoms with Crippen LogP contribution in [0.25, 0.3) is 0 Å². The zero-order chi connectivity index (χ0) is 35.5.